The number of carbonyl (C=O) groups is 1. The molecule has 0 saturated carbocycles. The maximum Gasteiger partial charge on any atom is 0.410 e. The minimum atomic E-state index is -0.400. The Hall–Kier alpha value is -0.770. The Labute approximate surface area is 117 Å². The fraction of sp³-hybridized carbons (Fsp3) is 0.933. The zero-order valence-electron chi connectivity index (χ0n) is 13.0. The number of piperidine rings is 1. The van der Waals surface area contributed by atoms with Crippen LogP contribution in [-0.2, 0) is 4.74 Å². The quantitative estimate of drug-likeness (QED) is 0.780. The Kier molecular flexibility index (Phi) is 6.63. The van der Waals surface area contributed by atoms with Gasteiger partial charge in [0.05, 0.1) is 0 Å². The standard InChI is InChI=1S/C15H30N2O2/c1-5-16-11-8-10-13-9-6-7-12-17(13)14(18)19-15(2,3)4/h13,16H,5-12H2,1-4H3/t13-/m1/s1. The number of ether oxygens (including phenoxy) is 1. The van der Waals surface area contributed by atoms with E-state index >= 15 is 0 Å². The molecule has 0 aromatic carbocycles. The molecule has 1 aliphatic rings. The van der Waals surface area contributed by atoms with E-state index in [0.29, 0.717) is 6.04 Å². The number of rotatable bonds is 5. The lowest BCUT2D eigenvalue weighted by Gasteiger charge is -2.36. The highest BCUT2D eigenvalue weighted by Crippen LogP contribution is 2.23. The predicted molar refractivity (Wildman–Crippen MR) is 78.4 cm³/mol. The summed E-state index contributed by atoms with van der Waals surface area (Å²) in [5.74, 6) is 0. The lowest BCUT2D eigenvalue weighted by Crippen LogP contribution is -2.46. The van der Waals surface area contributed by atoms with E-state index in [1.807, 2.05) is 25.7 Å². The van der Waals surface area contributed by atoms with E-state index in [1.165, 1.54) is 6.42 Å². The highest BCUT2D eigenvalue weighted by molar-refractivity contribution is 5.68. The molecule has 1 saturated heterocycles. The summed E-state index contributed by atoms with van der Waals surface area (Å²) >= 11 is 0. The van der Waals surface area contributed by atoms with Crippen molar-refractivity contribution >= 4 is 6.09 Å². The van der Waals surface area contributed by atoms with Crippen molar-refractivity contribution in [1.82, 2.24) is 10.2 Å². The highest BCUT2D eigenvalue weighted by Gasteiger charge is 2.29. The van der Waals surface area contributed by atoms with Crippen molar-refractivity contribution in [1.29, 1.82) is 0 Å². The second-order valence-electron chi connectivity index (χ2n) is 6.32. The normalized spacial score (nSPS) is 20.4. The average Bonchev–Trinajstić information content (AvgIpc) is 2.33. The third kappa shape index (κ3) is 6.28. The molecule has 19 heavy (non-hydrogen) atoms. The molecule has 0 aliphatic carbocycles. The topological polar surface area (TPSA) is 41.6 Å². The number of amides is 1. The molecule has 1 atom stereocenters. The molecule has 0 unspecified atom stereocenters. The van der Waals surface area contributed by atoms with Crippen molar-refractivity contribution in [2.45, 2.75) is 71.4 Å². The zero-order chi connectivity index (χ0) is 14.3. The van der Waals surface area contributed by atoms with Crippen molar-refractivity contribution in [3.63, 3.8) is 0 Å². The molecule has 0 spiro atoms. The third-order valence-electron chi connectivity index (χ3n) is 3.40. The first-order valence-corrected chi connectivity index (χ1v) is 7.64. The summed E-state index contributed by atoms with van der Waals surface area (Å²) in [4.78, 5) is 14.1. The van der Waals surface area contributed by atoms with Crippen LogP contribution in [-0.4, -0.2) is 42.3 Å². The number of hydrogen-bond acceptors (Lipinski definition) is 3. The molecule has 1 aliphatic heterocycles. The van der Waals surface area contributed by atoms with Crippen molar-refractivity contribution in [3.05, 3.63) is 0 Å². The van der Waals surface area contributed by atoms with E-state index in [4.69, 9.17) is 4.74 Å². The average molecular weight is 270 g/mol. The summed E-state index contributed by atoms with van der Waals surface area (Å²) in [7, 11) is 0. The van der Waals surface area contributed by atoms with E-state index in [0.717, 1.165) is 45.3 Å². The largest absolute Gasteiger partial charge is 0.444 e. The molecular formula is C15H30N2O2. The van der Waals surface area contributed by atoms with Crippen molar-refractivity contribution in [2.24, 2.45) is 0 Å². The zero-order valence-corrected chi connectivity index (χ0v) is 13.0. The highest BCUT2D eigenvalue weighted by atomic mass is 16.6. The SMILES string of the molecule is CCNCCC[C@H]1CCCCN1C(=O)OC(C)(C)C. The predicted octanol–water partition coefficient (Wildman–Crippen LogP) is 3.17. The van der Waals surface area contributed by atoms with Crippen molar-refractivity contribution in [3.8, 4) is 0 Å². The van der Waals surface area contributed by atoms with Crippen LogP contribution in [0.15, 0.2) is 0 Å². The van der Waals surface area contributed by atoms with Gasteiger partial charge in [-0.3, -0.25) is 0 Å². The van der Waals surface area contributed by atoms with Gasteiger partial charge in [-0.15, -0.1) is 0 Å². The summed E-state index contributed by atoms with van der Waals surface area (Å²) in [5.41, 5.74) is -0.400. The van der Waals surface area contributed by atoms with E-state index < -0.39 is 5.60 Å². The Balaban J connectivity index is 2.45. The van der Waals surface area contributed by atoms with E-state index in [1.54, 1.807) is 0 Å². The summed E-state index contributed by atoms with van der Waals surface area (Å²) in [5, 5.41) is 3.34. The van der Waals surface area contributed by atoms with Crippen LogP contribution in [0.3, 0.4) is 0 Å². The third-order valence-corrected chi connectivity index (χ3v) is 3.40. The lowest BCUT2D eigenvalue weighted by atomic mass is 9.98. The first-order valence-electron chi connectivity index (χ1n) is 7.64. The second kappa shape index (κ2) is 7.73. The Morgan fingerprint density at radius 1 is 1.37 bits per heavy atom. The van der Waals surface area contributed by atoms with Crippen LogP contribution in [0.25, 0.3) is 0 Å². The van der Waals surface area contributed by atoms with Gasteiger partial charge in [0, 0.05) is 12.6 Å². The summed E-state index contributed by atoms with van der Waals surface area (Å²) in [6.07, 6.45) is 5.50. The molecule has 0 aromatic heterocycles. The van der Waals surface area contributed by atoms with Gasteiger partial charge in [-0.25, -0.2) is 4.79 Å². The molecule has 1 N–H and O–H groups in total. The Bertz CT molecular complexity index is 274. The minimum absolute atomic E-state index is 0.138. The van der Waals surface area contributed by atoms with Crippen LogP contribution in [0.4, 0.5) is 4.79 Å². The maximum absolute atomic E-state index is 12.2. The molecule has 4 heteroatoms. The van der Waals surface area contributed by atoms with Crippen LogP contribution >= 0.6 is 0 Å². The first-order chi connectivity index (χ1) is 8.94. The van der Waals surface area contributed by atoms with E-state index in [9.17, 15) is 4.79 Å². The monoisotopic (exact) mass is 270 g/mol. The second-order valence-corrected chi connectivity index (χ2v) is 6.32. The van der Waals surface area contributed by atoms with Crippen molar-refractivity contribution in [2.75, 3.05) is 19.6 Å². The number of likely N-dealkylation sites (tertiary alicyclic amines) is 1. The Morgan fingerprint density at radius 2 is 2.11 bits per heavy atom. The number of carbonyl (C=O) groups excluding carboxylic acids is 1. The van der Waals surface area contributed by atoms with Gasteiger partial charge < -0.3 is 15.0 Å². The van der Waals surface area contributed by atoms with Gasteiger partial charge in [-0.2, -0.15) is 0 Å². The van der Waals surface area contributed by atoms with E-state index in [2.05, 4.69) is 12.2 Å². The van der Waals surface area contributed by atoms with Gasteiger partial charge >= 0.3 is 6.09 Å². The van der Waals surface area contributed by atoms with Gasteiger partial charge in [0.15, 0.2) is 0 Å². The van der Waals surface area contributed by atoms with Gasteiger partial charge in [0.2, 0.25) is 0 Å². The van der Waals surface area contributed by atoms with Crippen LogP contribution < -0.4 is 5.32 Å². The maximum atomic E-state index is 12.2. The first kappa shape index (κ1) is 16.3. The summed E-state index contributed by atoms with van der Waals surface area (Å²) < 4.78 is 5.51. The number of nitrogens with zero attached hydrogens (tertiary/aromatic N) is 1. The van der Waals surface area contributed by atoms with Crippen LogP contribution in [0, 0.1) is 0 Å². The molecule has 4 nitrogen and oxygen atoms in total. The fourth-order valence-electron chi connectivity index (χ4n) is 2.50. The molecule has 1 fully saturated rings. The Morgan fingerprint density at radius 3 is 2.74 bits per heavy atom. The molecular weight excluding hydrogens is 240 g/mol. The number of nitrogens with one attached hydrogen (secondary N) is 1. The minimum Gasteiger partial charge on any atom is -0.444 e. The van der Waals surface area contributed by atoms with Crippen LogP contribution in [0.2, 0.25) is 0 Å². The van der Waals surface area contributed by atoms with Gasteiger partial charge in [0.25, 0.3) is 0 Å². The molecule has 0 aromatic rings. The molecule has 0 bridgehead atoms. The van der Waals surface area contributed by atoms with Crippen LogP contribution in [0.5, 0.6) is 0 Å². The van der Waals surface area contributed by atoms with E-state index in [-0.39, 0.29) is 6.09 Å². The molecule has 1 rings (SSSR count). The molecule has 1 amide bonds. The van der Waals surface area contributed by atoms with Gasteiger partial charge in [-0.05, 0) is 66.0 Å². The lowest BCUT2D eigenvalue weighted by molar-refractivity contribution is 0.00867. The summed E-state index contributed by atoms with van der Waals surface area (Å²) in [6.45, 7) is 10.8. The summed E-state index contributed by atoms with van der Waals surface area (Å²) in [6, 6.07) is 0.363. The van der Waals surface area contributed by atoms with Gasteiger partial charge in [0.1, 0.15) is 5.60 Å². The molecule has 112 valence electrons. The van der Waals surface area contributed by atoms with Gasteiger partial charge in [-0.1, -0.05) is 6.92 Å². The van der Waals surface area contributed by atoms with Crippen LogP contribution in [0.1, 0.15) is 59.8 Å². The molecule has 1 heterocycles. The number of hydrogen-bond donors (Lipinski definition) is 1. The smallest absolute Gasteiger partial charge is 0.410 e. The molecule has 0 radical (unpaired) electrons. The van der Waals surface area contributed by atoms with Crippen molar-refractivity contribution < 1.29 is 9.53 Å². The fourth-order valence-corrected chi connectivity index (χ4v) is 2.50.